The van der Waals surface area contributed by atoms with E-state index in [0.29, 0.717) is 17.1 Å². The average Bonchev–Trinajstić information content (AvgIpc) is 3.06. The second-order valence-electron chi connectivity index (χ2n) is 5.23. The minimum absolute atomic E-state index is 0.0469. The number of Topliss-reactive ketones (excluding diaryl/α,β-unsaturated/α-hetero) is 1. The van der Waals surface area contributed by atoms with Crippen LogP contribution in [-0.2, 0) is 19.1 Å². The number of carbonyl (C=O) groups excluding carboxylic acids is 3. The Labute approximate surface area is 144 Å². The van der Waals surface area contributed by atoms with Crippen molar-refractivity contribution in [2.75, 3.05) is 20.5 Å². The summed E-state index contributed by atoms with van der Waals surface area (Å²) in [5.41, 5.74) is 0.477. The first kappa shape index (κ1) is 18.3. The molecule has 0 spiro atoms. The number of rotatable bonds is 7. The molecule has 1 aromatic rings. The Balaban J connectivity index is 2.38. The van der Waals surface area contributed by atoms with E-state index in [2.05, 4.69) is 16.6 Å². The maximum Gasteiger partial charge on any atom is 0.407 e. The van der Waals surface area contributed by atoms with Gasteiger partial charge in [-0.15, -0.1) is 0 Å². The van der Waals surface area contributed by atoms with Crippen molar-refractivity contribution < 1.29 is 33.3 Å². The number of nitrogens with one attached hydrogen (secondary N) is 1. The molecular weight excluding hydrogens is 330 g/mol. The summed E-state index contributed by atoms with van der Waals surface area (Å²) in [5, 5.41) is 2.51. The molecule has 8 heteroatoms. The lowest BCUT2D eigenvalue weighted by molar-refractivity contribution is -0.151. The normalized spacial score (nSPS) is 14.2. The molecule has 0 fully saturated rings. The van der Waals surface area contributed by atoms with Crippen molar-refractivity contribution in [3.63, 3.8) is 0 Å². The van der Waals surface area contributed by atoms with Crippen LogP contribution in [0.5, 0.6) is 11.5 Å². The van der Waals surface area contributed by atoms with E-state index < -0.39 is 29.8 Å². The smallest absolute Gasteiger partial charge is 0.407 e. The van der Waals surface area contributed by atoms with Crippen LogP contribution < -0.4 is 14.8 Å². The molecule has 25 heavy (non-hydrogen) atoms. The fraction of sp³-hybridized carbons (Fsp3) is 0.353. The molecule has 2 atom stereocenters. The van der Waals surface area contributed by atoms with Crippen LogP contribution in [0.3, 0.4) is 0 Å². The molecule has 134 valence electrons. The third-order valence-corrected chi connectivity index (χ3v) is 3.58. The zero-order valence-corrected chi connectivity index (χ0v) is 13.9. The number of methoxy groups -OCH3 is 1. The van der Waals surface area contributed by atoms with E-state index in [1.54, 1.807) is 18.2 Å². The van der Waals surface area contributed by atoms with Crippen molar-refractivity contribution in [3.8, 4) is 11.5 Å². The van der Waals surface area contributed by atoms with Gasteiger partial charge in [-0.1, -0.05) is 18.7 Å². The molecule has 1 aliphatic heterocycles. The second-order valence-corrected chi connectivity index (χ2v) is 5.23. The number of amides is 1. The average molecular weight is 349 g/mol. The number of hydrogen-bond donors (Lipinski definition) is 1. The summed E-state index contributed by atoms with van der Waals surface area (Å²) in [6.07, 6.45) is 0.601. The number of benzene rings is 1. The number of fused-ring (bicyclic) bond motifs is 1. The maximum atomic E-state index is 12.3. The number of ketones is 1. The zero-order valence-electron chi connectivity index (χ0n) is 13.9. The van der Waals surface area contributed by atoms with Gasteiger partial charge in [0, 0.05) is 0 Å². The summed E-state index contributed by atoms with van der Waals surface area (Å²) in [6, 6.07) is 3.87. The number of esters is 1. The van der Waals surface area contributed by atoms with Crippen molar-refractivity contribution in [2.24, 2.45) is 5.92 Å². The quantitative estimate of drug-likeness (QED) is 0.455. The molecule has 1 aliphatic rings. The van der Waals surface area contributed by atoms with Gasteiger partial charge in [0.1, 0.15) is 18.3 Å². The van der Waals surface area contributed by atoms with Crippen LogP contribution in [0, 0.1) is 5.92 Å². The molecule has 1 heterocycles. The highest BCUT2D eigenvalue weighted by molar-refractivity contribution is 5.99. The summed E-state index contributed by atoms with van der Waals surface area (Å²) in [7, 11) is 1.19. The van der Waals surface area contributed by atoms with E-state index in [0.717, 1.165) is 0 Å². The van der Waals surface area contributed by atoms with Gasteiger partial charge in [0.15, 0.2) is 11.5 Å². The van der Waals surface area contributed by atoms with E-state index in [9.17, 15) is 14.4 Å². The Kier molecular flexibility index (Phi) is 5.99. The predicted molar refractivity (Wildman–Crippen MR) is 86.2 cm³/mol. The summed E-state index contributed by atoms with van der Waals surface area (Å²) >= 11 is 0. The third-order valence-electron chi connectivity index (χ3n) is 3.58. The van der Waals surface area contributed by atoms with Crippen LogP contribution in [0.25, 0.3) is 0 Å². The fourth-order valence-electron chi connectivity index (χ4n) is 2.42. The first-order valence-corrected chi connectivity index (χ1v) is 7.50. The second kappa shape index (κ2) is 8.18. The van der Waals surface area contributed by atoms with Crippen LogP contribution in [0.4, 0.5) is 4.79 Å². The lowest BCUT2D eigenvalue weighted by atomic mass is 9.89. The minimum Gasteiger partial charge on any atom is -0.461 e. The van der Waals surface area contributed by atoms with Crippen LogP contribution in [0.1, 0.15) is 18.5 Å². The molecule has 0 radical (unpaired) electrons. The molecule has 0 aromatic heterocycles. The Morgan fingerprint density at radius 2 is 2.04 bits per heavy atom. The molecule has 8 nitrogen and oxygen atoms in total. The first-order chi connectivity index (χ1) is 12.0. The van der Waals surface area contributed by atoms with Gasteiger partial charge in [-0.25, -0.2) is 4.79 Å². The highest BCUT2D eigenvalue weighted by Crippen LogP contribution is 2.36. The molecule has 0 bridgehead atoms. The van der Waals surface area contributed by atoms with Gasteiger partial charge in [0.05, 0.1) is 13.2 Å². The molecule has 0 saturated heterocycles. The number of carbonyl (C=O) groups is 3. The van der Waals surface area contributed by atoms with Gasteiger partial charge in [-0.2, -0.15) is 0 Å². The molecule has 1 unspecified atom stereocenters. The Hall–Kier alpha value is -3.03. The molecular formula is C17H19NO7. The largest absolute Gasteiger partial charge is 0.461 e. The van der Waals surface area contributed by atoms with Gasteiger partial charge in [-0.3, -0.25) is 9.59 Å². The van der Waals surface area contributed by atoms with Crippen LogP contribution in [0.2, 0.25) is 0 Å². The number of ether oxygens (including phenoxy) is 4. The van der Waals surface area contributed by atoms with E-state index in [4.69, 9.17) is 14.2 Å². The van der Waals surface area contributed by atoms with Crippen molar-refractivity contribution in [1.82, 2.24) is 5.32 Å². The molecule has 0 saturated carbocycles. The van der Waals surface area contributed by atoms with Gasteiger partial charge in [0.2, 0.25) is 6.79 Å². The lowest BCUT2D eigenvalue weighted by Gasteiger charge is -2.25. The number of hydrogen-bond acceptors (Lipinski definition) is 7. The van der Waals surface area contributed by atoms with E-state index in [1.807, 2.05) is 0 Å². The van der Waals surface area contributed by atoms with Crippen molar-refractivity contribution in [2.45, 2.75) is 13.0 Å². The van der Waals surface area contributed by atoms with Crippen LogP contribution in [0.15, 0.2) is 30.9 Å². The first-order valence-electron chi connectivity index (χ1n) is 7.50. The summed E-state index contributed by atoms with van der Waals surface area (Å²) in [4.78, 5) is 36.1. The predicted octanol–water partition coefficient (Wildman–Crippen LogP) is 1.75. The van der Waals surface area contributed by atoms with Gasteiger partial charge >= 0.3 is 12.1 Å². The Morgan fingerprint density at radius 3 is 2.68 bits per heavy atom. The summed E-state index contributed by atoms with van der Waals surface area (Å²) in [5.74, 6) is -1.50. The maximum absolute atomic E-state index is 12.3. The monoisotopic (exact) mass is 349 g/mol. The molecule has 2 rings (SSSR count). The lowest BCUT2D eigenvalue weighted by Crippen LogP contribution is -2.40. The fourth-order valence-corrected chi connectivity index (χ4v) is 2.42. The highest BCUT2D eigenvalue weighted by Gasteiger charge is 2.37. The van der Waals surface area contributed by atoms with Crippen LogP contribution in [-0.4, -0.2) is 38.4 Å². The zero-order chi connectivity index (χ0) is 18.4. The van der Waals surface area contributed by atoms with E-state index in [-0.39, 0.29) is 13.4 Å². The van der Waals surface area contributed by atoms with Gasteiger partial charge in [-0.05, 0) is 24.6 Å². The molecule has 1 N–H and O–H groups in total. The Morgan fingerprint density at radius 1 is 1.32 bits per heavy atom. The van der Waals surface area contributed by atoms with Crippen LogP contribution >= 0.6 is 0 Å². The minimum atomic E-state index is -1.25. The molecule has 0 aliphatic carbocycles. The standard InChI is InChI=1S/C17H19NO7/c1-4-7-23-16(20)14(10(2)19)15(18-17(21)22-3)11-5-6-12-13(8-11)25-9-24-12/h4-6,8,14-15H,1,7,9H2,2-3H3,(H,18,21)/t14?,15-/m0/s1. The molecule has 1 amide bonds. The van der Waals surface area contributed by atoms with Crippen molar-refractivity contribution >= 4 is 17.8 Å². The summed E-state index contributed by atoms with van der Waals surface area (Å²) < 4.78 is 20.1. The van der Waals surface area contributed by atoms with E-state index in [1.165, 1.54) is 20.1 Å². The number of alkyl carbamates (subject to hydrolysis) is 1. The molecule has 1 aromatic carbocycles. The summed E-state index contributed by atoms with van der Waals surface area (Å²) in [6.45, 7) is 4.74. The highest BCUT2D eigenvalue weighted by atomic mass is 16.7. The van der Waals surface area contributed by atoms with Crippen molar-refractivity contribution in [1.29, 1.82) is 0 Å². The van der Waals surface area contributed by atoms with E-state index >= 15 is 0 Å². The topological polar surface area (TPSA) is 100 Å². The Bertz CT molecular complexity index is 686. The van der Waals surface area contributed by atoms with Gasteiger partial charge < -0.3 is 24.3 Å². The third kappa shape index (κ3) is 4.28. The van der Waals surface area contributed by atoms with Gasteiger partial charge in [0.25, 0.3) is 0 Å². The SMILES string of the molecule is C=CCOC(=O)C(C(C)=O)[C@@H](NC(=O)OC)c1ccc2c(c1)OCO2. The van der Waals surface area contributed by atoms with Crippen molar-refractivity contribution in [3.05, 3.63) is 36.4 Å².